The zero-order chi connectivity index (χ0) is 23.6. The summed E-state index contributed by atoms with van der Waals surface area (Å²) < 4.78 is 1.66. The Labute approximate surface area is 220 Å². The summed E-state index contributed by atoms with van der Waals surface area (Å²) in [4.78, 5) is 27.0. The molecule has 6 rings (SSSR count). The van der Waals surface area contributed by atoms with Gasteiger partial charge in [0.25, 0.3) is 0 Å². The van der Waals surface area contributed by atoms with Gasteiger partial charge in [0, 0.05) is 26.8 Å². The number of thiazole rings is 1. The number of hydrogen-bond donors (Lipinski definition) is 1. The first-order chi connectivity index (χ1) is 16.4. The Morgan fingerprint density at radius 3 is 2.56 bits per heavy atom. The highest BCUT2D eigenvalue weighted by Crippen LogP contribution is 2.64. The molecule has 2 aliphatic carbocycles. The van der Waals surface area contributed by atoms with Crippen LogP contribution in [0.5, 0.6) is 0 Å². The Hall–Kier alpha value is -1.44. The number of halogens is 3. The molecule has 1 aromatic heterocycles. The van der Waals surface area contributed by atoms with Gasteiger partial charge in [-0.25, -0.2) is 0 Å². The number of carbonyl (C=O) groups is 1. The molecule has 3 aromatic rings. The summed E-state index contributed by atoms with van der Waals surface area (Å²) in [6, 6.07) is 13.0. The Morgan fingerprint density at radius 2 is 1.79 bits per heavy atom. The molecule has 0 radical (unpaired) electrons. The molecule has 1 N–H and O–H groups in total. The van der Waals surface area contributed by atoms with E-state index in [0.717, 1.165) is 9.90 Å². The minimum absolute atomic E-state index is 0.0310. The number of nitrogens with one attached hydrogen (secondary N) is 1. The van der Waals surface area contributed by atoms with Crippen LogP contribution in [0.4, 0.5) is 5.69 Å². The number of benzene rings is 2. The van der Waals surface area contributed by atoms with E-state index in [4.69, 9.17) is 34.8 Å². The first-order valence-electron chi connectivity index (χ1n) is 11.3. The Bertz CT molecular complexity index is 1340. The SMILES string of the molecule is O=C(Cn1c2c(sc1=O)[C@@H](c1ccc(Cl)cc1)[C@@H]1[C@H]3CC[C@@H](C3)[C@H]1S2)Nc1ccc(Cl)c(Cl)c1. The summed E-state index contributed by atoms with van der Waals surface area (Å²) in [6.07, 6.45) is 3.80. The van der Waals surface area contributed by atoms with E-state index >= 15 is 0 Å². The maximum Gasteiger partial charge on any atom is 0.308 e. The number of carbonyl (C=O) groups excluding carboxylic acids is 1. The molecule has 2 saturated carbocycles. The van der Waals surface area contributed by atoms with E-state index in [1.807, 2.05) is 23.9 Å². The third-order valence-electron chi connectivity index (χ3n) is 7.42. The average Bonchev–Trinajstić information content (AvgIpc) is 3.50. The van der Waals surface area contributed by atoms with Crippen molar-refractivity contribution in [2.75, 3.05) is 5.32 Å². The number of fused-ring (bicyclic) bond motifs is 6. The van der Waals surface area contributed by atoms with Crippen LogP contribution in [-0.2, 0) is 11.3 Å². The minimum Gasteiger partial charge on any atom is -0.324 e. The van der Waals surface area contributed by atoms with Gasteiger partial charge >= 0.3 is 4.87 Å². The highest BCUT2D eigenvalue weighted by molar-refractivity contribution is 8.00. The summed E-state index contributed by atoms with van der Waals surface area (Å²) in [5.41, 5.74) is 1.76. The van der Waals surface area contributed by atoms with Gasteiger partial charge in [0.1, 0.15) is 6.54 Å². The van der Waals surface area contributed by atoms with Gasteiger partial charge < -0.3 is 5.32 Å². The van der Waals surface area contributed by atoms with Crippen molar-refractivity contribution in [1.82, 2.24) is 4.57 Å². The van der Waals surface area contributed by atoms with E-state index in [2.05, 4.69) is 17.4 Å². The molecule has 1 amide bonds. The number of nitrogens with zero attached hydrogens (tertiary/aromatic N) is 1. The number of thioether (sulfide) groups is 1. The van der Waals surface area contributed by atoms with E-state index in [1.165, 1.54) is 36.2 Å². The summed E-state index contributed by atoms with van der Waals surface area (Å²) in [6.45, 7) is -0.0310. The van der Waals surface area contributed by atoms with Crippen LogP contribution < -0.4 is 10.2 Å². The number of rotatable bonds is 4. The van der Waals surface area contributed by atoms with Crippen LogP contribution in [-0.4, -0.2) is 15.7 Å². The summed E-state index contributed by atoms with van der Waals surface area (Å²) in [5, 5.41) is 5.78. The van der Waals surface area contributed by atoms with E-state index in [9.17, 15) is 9.59 Å². The van der Waals surface area contributed by atoms with Crippen LogP contribution in [0.3, 0.4) is 0 Å². The lowest BCUT2D eigenvalue weighted by Gasteiger charge is -2.40. The molecule has 5 atom stereocenters. The normalized spacial score (nSPS) is 26.9. The Morgan fingerprint density at radius 1 is 1.03 bits per heavy atom. The van der Waals surface area contributed by atoms with Gasteiger partial charge in [-0.1, -0.05) is 58.3 Å². The Kier molecular flexibility index (Phi) is 6.01. The second kappa shape index (κ2) is 8.90. The molecule has 34 heavy (non-hydrogen) atoms. The summed E-state index contributed by atoms with van der Waals surface area (Å²) >= 11 is 21.3. The molecule has 1 aliphatic heterocycles. The maximum absolute atomic E-state index is 13.2. The van der Waals surface area contributed by atoms with Crippen molar-refractivity contribution < 1.29 is 4.79 Å². The molecular weight excluding hydrogens is 531 g/mol. The highest BCUT2D eigenvalue weighted by atomic mass is 35.5. The lowest BCUT2D eigenvalue weighted by molar-refractivity contribution is -0.116. The van der Waals surface area contributed by atoms with Crippen molar-refractivity contribution in [2.45, 2.75) is 42.0 Å². The van der Waals surface area contributed by atoms with Gasteiger partial charge in [-0.2, -0.15) is 0 Å². The molecule has 2 fully saturated rings. The lowest BCUT2D eigenvalue weighted by Crippen LogP contribution is -2.34. The van der Waals surface area contributed by atoms with E-state index in [-0.39, 0.29) is 23.2 Å². The molecule has 3 aliphatic rings. The van der Waals surface area contributed by atoms with Gasteiger partial charge in [0.2, 0.25) is 5.91 Å². The zero-order valence-electron chi connectivity index (χ0n) is 18.0. The predicted octanol–water partition coefficient (Wildman–Crippen LogP) is 7.16. The second-order valence-electron chi connectivity index (χ2n) is 9.32. The molecule has 2 aromatic carbocycles. The summed E-state index contributed by atoms with van der Waals surface area (Å²) in [7, 11) is 0. The van der Waals surface area contributed by atoms with Gasteiger partial charge in [-0.15, -0.1) is 11.8 Å². The van der Waals surface area contributed by atoms with Crippen molar-refractivity contribution >= 4 is 69.5 Å². The number of aromatic nitrogens is 1. The first kappa shape index (κ1) is 23.0. The topological polar surface area (TPSA) is 51.1 Å². The smallest absolute Gasteiger partial charge is 0.308 e. The molecular formula is C25H21Cl3N2O2S2. The van der Waals surface area contributed by atoms with Gasteiger partial charge in [0.15, 0.2) is 0 Å². The third kappa shape index (κ3) is 3.92. The van der Waals surface area contributed by atoms with Crippen molar-refractivity contribution in [3.05, 3.63) is 77.6 Å². The van der Waals surface area contributed by atoms with Gasteiger partial charge in [0.05, 0.1) is 15.1 Å². The monoisotopic (exact) mass is 550 g/mol. The van der Waals surface area contributed by atoms with E-state index < -0.39 is 0 Å². The van der Waals surface area contributed by atoms with Crippen LogP contribution in [0.2, 0.25) is 15.1 Å². The van der Waals surface area contributed by atoms with Crippen LogP contribution in [0, 0.1) is 17.8 Å². The minimum atomic E-state index is -0.264. The fraction of sp³-hybridized carbons (Fsp3) is 0.360. The standard InChI is InChI=1S/C25H21Cl3N2O2S2/c26-15-5-3-12(4-6-15)20-21-13-1-2-14(9-13)22(21)33-24-23(20)34-25(32)30(24)11-19(31)29-16-7-8-17(27)18(28)10-16/h3-8,10,13-14,20-22H,1-2,9,11H2,(H,29,31)/t13-,14-,20-,21-,22+/m0/s1. The number of amides is 1. The maximum atomic E-state index is 13.2. The lowest BCUT2D eigenvalue weighted by atomic mass is 9.75. The molecule has 0 unspecified atom stereocenters. The van der Waals surface area contributed by atoms with E-state index in [1.54, 1.807) is 22.8 Å². The molecule has 0 saturated heterocycles. The highest BCUT2D eigenvalue weighted by Gasteiger charge is 2.55. The predicted molar refractivity (Wildman–Crippen MR) is 141 cm³/mol. The van der Waals surface area contributed by atoms with Crippen molar-refractivity contribution in [1.29, 1.82) is 0 Å². The van der Waals surface area contributed by atoms with Crippen molar-refractivity contribution in [3.63, 3.8) is 0 Å². The summed E-state index contributed by atoms with van der Waals surface area (Å²) in [5.74, 6) is 1.80. The third-order valence-corrected chi connectivity index (χ3v) is 11.2. The van der Waals surface area contributed by atoms with Crippen molar-refractivity contribution in [3.8, 4) is 0 Å². The van der Waals surface area contributed by atoms with Crippen molar-refractivity contribution in [2.24, 2.45) is 17.8 Å². The van der Waals surface area contributed by atoms with Gasteiger partial charge in [-0.05, 0) is 72.9 Å². The number of hydrogen-bond acceptors (Lipinski definition) is 4. The molecule has 9 heteroatoms. The zero-order valence-corrected chi connectivity index (χ0v) is 21.9. The molecule has 176 valence electrons. The molecule has 4 nitrogen and oxygen atoms in total. The van der Waals surface area contributed by atoms with E-state index in [0.29, 0.717) is 43.8 Å². The number of anilines is 1. The van der Waals surface area contributed by atoms with Crippen LogP contribution in [0.1, 0.15) is 35.6 Å². The fourth-order valence-electron chi connectivity index (χ4n) is 6.05. The molecule has 2 heterocycles. The van der Waals surface area contributed by atoms with Crippen LogP contribution >= 0.6 is 57.9 Å². The van der Waals surface area contributed by atoms with Gasteiger partial charge in [-0.3, -0.25) is 14.2 Å². The fourth-order valence-corrected chi connectivity index (χ4v) is 9.62. The Balaban J connectivity index is 1.35. The largest absolute Gasteiger partial charge is 0.324 e. The molecule has 0 spiro atoms. The van der Waals surface area contributed by atoms with Crippen LogP contribution in [0.15, 0.2) is 52.3 Å². The quantitative estimate of drug-likeness (QED) is 0.374. The average molecular weight is 552 g/mol. The van der Waals surface area contributed by atoms with Crippen LogP contribution in [0.25, 0.3) is 0 Å². The first-order valence-corrected chi connectivity index (χ1v) is 14.1. The molecule has 2 bridgehead atoms. The second-order valence-corrected chi connectivity index (χ2v) is 12.7.